The van der Waals surface area contributed by atoms with Gasteiger partial charge in [-0.3, -0.25) is 9.63 Å². The molecule has 0 saturated heterocycles. The summed E-state index contributed by atoms with van der Waals surface area (Å²) in [6, 6.07) is 17.7. The van der Waals surface area contributed by atoms with E-state index < -0.39 is 0 Å². The van der Waals surface area contributed by atoms with Gasteiger partial charge in [-0.2, -0.15) is 0 Å². The van der Waals surface area contributed by atoms with Crippen molar-refractivity contribution in [1.29, 1.82) is 0 Å². The van der Waals surface area contributed by atoms with E-state index in [-0.39, 0.29) is 11.8 Å². The number of fused-ring (bicyclic) bond motifs is 1. The first-order chi connectivity index (χ1) is 10.3. The second-order valence-electron chi connectivity index (χ2n) is 5.10. The van der Waals surface area contributed by atoms with E-state index >= 15 is 0 Å². The SMILES string of the molecule is O=C(NOCc1ccccc1)C1CCNc2ccccc21. The van der Waals surface area contributed by atoms with Crippen molar-refractivity contribution >= 4 is 11.6 Å². The molecule has 2 aromatic rings. The zero-order valence-electron chi connectivity index (χ0n) is 11.7. The van der Waals surface area contributed by atoms with Gasteiger partial charge in [0.1, 0.15) is 0 Å². The lowest BCUT2D eigenvalue weighted by Gasteiger charge is -2.25. The monoisotopic (exact) mass is 282 g/mol. The first-order valence-corrected chi connectivity index (χ1v) is 7.13. The van der Waals surface area contributed by atoms with E-state index in [2.05, 4.69) is 10.8 Å². The van der Waals surface area contributed by atoms with Gasteiger partial charge in [-0.25, -0.2) is 5.48 Å². The largest absolute Gasteiger partial charge is 0.385 e. The second-order valence-corrected chi connectivity index (χ2v) is 5.10. The molecule has 0 aliphatic carbocycles. The molecular formula is C17H18N2O2. The van der Waals surface area contributed by atoms with E-state index in [1.165, 1.54) is 0 Å². The number of carbonyl (C=O) groups excluding carboxylic acids is 1. The number of para-hydroxylation sites is 1. The number of carbonyl (C=O) groups is 1. The van der Waals surface area contributed by atoms with Gasteiger partial charge in [0.15, 0.2) is 0 Å². The molecule has 4 heteroatoms. The quantitative estimate of drug-likeness (QED) is 0.848. The Bertz CT molecular complexity index is 613. The Hall–Kier alpha value is -2.33. The smallest absolute Gasteiger partial charge is 0.251 e. The van der Waals surface area contributed by atoms with E-state index in [0.717, 1.165) is 29.8 Å². The van der Waals surface area contributed by atoms with Crippen LogP contribution in [0.3, 0.4) is 0 Å². The highest BCUT2D eigenvalue weighted by Crippen LogP contribution is 2.31. The Morgan fingerprint density at radius 1 is 1.14 bits per heavy atom. The van der Waals surface area contributed by atoms with Crippen LogP contribution in [-0.2, 0) is 16.2 Å². The number of hydrogen-bond donors (Lipinski definition) is 2. The molecule has 1 atom stereocenters. The molecule has 1 heterocycles. The van der Waals surface area contributed by atoms with E-state index in [4.69, 9.17) is 4.84 Å². The van der Waals surface area contributed by atoms with E-state index in [0.29, 0.717) is 6.61 Å². The van der Waals surface area contributed by atoms with Crippen LogP contribution in [0, 0.1) is 0 Å². The molecule has 3 rings (SSSR count). The zero-order chi connectivity index (χ0) is 14.5. The van der Waals surface area contributed by atoms with Gasteiger partial charge in [-0.1, -0.05) is 48.5 Å². The summed E-state index contributed by atoms with van der Waals surface area (Å²) in [6.07, 6.45) is 0.775. The van der Waals surface area contributed by atoms with Crippen molar-refractivity contribution in [3.63, 3.8) is 0 Å². The molecular weight excluding hydrogens is 264 g/mol. The average Bonchev–Trinajstić information content (AvgIpc) is 2.55. The van der Waals surface area contributed by atoms with E-state index in [9.17, 15) is 4.79 Å². The molecule has 0 radical (unpaired) electrons. The molecule has 1 amide bonds. The molecule has 0 spiro atoms. The van der Waals surface area contributed by atoms with Crippen molar-refractivity contribution < 1.29 is 9.63 Å². The average molecular weight is 282 g/mol. The maximum atomic E-state index is 12.3. The predicted octanol–water partition coefficient (Wildman–Crippen LogP) is 2.83. The summed E-state index contributed by atoms with van der Waals surface area (Å²) < 4.78 is 0. The van der Waals surface area contributed by atoms with Crippen molar-refractivity contribution in [1.82, 2.24) is 5.48 Å². The fraction of sp³-hybridized carbons (Fsp3) is 0.235. The van der Waals surface area contributed by atoms with Crippen molar-refractivity contribution in [2.45, 2.75) is 18.9 Å². The Morgan fingerprint density at radius 2 is 1.90 bits per heavy atom. The lowest BCUT2D eigenvalue weighted by molar-refractivity contribution is -0.136. The van der Waals surface area contributed by atoms with Gasteiger partial charge in [0.05, 0.1) is 12.5 Å². The van der Waals surface area contributed by atoms with Crippen molar-refractivity contribution in [2.75, 3.05) is 11.9 Å². The van der Waals surface area contributed by atoms with Crippen LogP contribution in [0.1, 0.15) is 23.5 Å². The van der Waals surface area contributed by atoms with Crippen LogP contribution in [0.4, 0.5) is 5.69 Å². The van der Waals surface area contributed by atoms with Gasteiger partial charge in [-0.05, 0) is 23.6 Å². The van der Waals surface area contributed by atoms with Crippen molar-refractivity contribution in [3.8, 4) is 0 Å². The van der Waals surface area contributed by atoms with Crippen molar-refractivity contribution in [2.24, 2.45) is 0 Å². The Morgan fingerprint density at radius 3 is 2.76 bits per heavy atom. The molecule has 0 aromatic heterocycles. The fourth-order valence-electron chi connectivity index (χ4n) is 2.58. The highest BCUT2D eigenvalue weighted by atomic mass is 16.6. The van der Waals surface area contributed by atoms with Gasteiger partial charge in [0, 0.05) is 12.2 Å². The van der Waals surface area contributed by atoms with Gasteiger partial charge in [0.25, 0.3) is 5.91 Å². The third-order valence-electron chi connectivity index (χ3n) is 3.66. The van der Waals surface area contributed by atoms with Gasteiger partial charge >= 0.3 is 0 Å². The molecule has 1 aliphatic rings. The lowest BCUT2D eigenvalue weighted by Crippen LogP contribution is -2.33. The third-order valence-corrected chi connectivity index (χ3v) is 3.66. The minimum Gasteiger partial charge on any atom is -0.385 e. The number of benzene rings is 2. The summed E-state index contributed by atoms with van der Waals surface area (Å²) in [7, 11) is 0. The van der Waals surface area contributed by atoms with Gasteiger partial charge in [0.2, 0.25) is 0 Å². The second kappa shape index (κ2) is 6.41. The predicted molar refractivity (Wildman–Crippen MR) is 81.7 cm³/mol. The minimum absolute atomic E-state index is 0.0834. The van der Waals surface area contributed by atoms with Crippen LogP contribution in [0.25, 0.3) is 0 Å². The standard InChI is InChI=1S/C17H18N2O2/c20-17(19-21-12-13-6-2-1-3-7-13)15-10-11-18-16-9-5-4-8-14(15)16/h1-9,15,18H,10-12H2,(H,19,20). The lowest BCUT2D eigenvalue weighted by atomic mass is 9.90. The Labute approximate surface area is 124 Å². The third kappa shape index (κ3) is 3.23. The number of amides is 1. The molecule has 2 aromatic carbocycles. The minimum atomic E-state index is -0.154. The van der Waals surface area contributed by atoms with Crippen LogP contribution in [0.2, 0.25) is 0 Å². The summed E-state index contributed by atoms with van der Waals surface area (Å²) >= 11 is 0. The molecule has 21 heavy (non-hydrogen) atoms. The molecule has 1 unspecified atom stereocenters. The molecule has 2 N–H and O–H groups in total. The summed E-state index contributed by atoms with van der Waals surface area (Å²) in [4.78, 5) is 17.6. The topological polar surface area (TPSA) is 50.4 Å². The maximum Gasteiger partial charge on any atom is 0.251 e. The molecule has 0 saturated carbocycles. The first kappa shape index (κ1) is 13.6. The van der Waals surface area contributed by atoms with Crippen LogP contribution < -0.4 is 10.8 Å². The molecule has 0 bridgehead atoms. The summed E-state index contributed by atoms with van der Waals surface area (Å²) in [5.74, 6) is -0.238. The Balaban J connectivity index is 1.59. The summed E-state index contributed by atoms with van der Waals surface area (Å²) in [5, 5.41) is 3.31. The highest BCUT2D eigenvalue weighted by molar-refractivity contribution is 5.85. The first-order valence-electron chi connectivity index (χ1n) is 7.13. The van der Waals surface area contributed by atoms with Crippen LogP contribution in [-0.4, -0.2) is 12.5 Å². The van der Waals surface area contributed by atoms with Gasteiger partial charge < -0.3 is 5.32 Å². The van der Waals surface area contributed by atoms with Crippen LogP contribution in [0.5, 0.6) is 0 Å². The van der Waals surface area contributed by atoms with Crippen LogP contribution >= 0.6 is 0 Å². The molecule has 0 fully saturated rings. The highest BCUT2D eigenvalue weighted by Gasteiger charge is 2.26. The fourth-order valence-corrected chi connectivity index (χ4v) is 2.58. The number of nitrogens with one attached hydrogen (secondary N) is 2. The Kier molecular flexibility index (Phi) is 4.17. The number of hydrogen-bond acceptors (Lipinski definition) is 3. The zero-order valence-corrected chi connectivity index (χ0v) is 11.7. The number of hydroxylamine groups is 1. The van der Waals surface area contributed by atoms with E-state index in [1.807, 2.05) is 54.6 Å². The summed E-state index contributed by atoms with van der Waals surface area (Å²) in [5.41, 5.74) is 5.67. The number of rotatable bonds is 4. The van der Waals surface area contributed by atoms with Crippen LogP contribution in [0.15, 0.2) is 54.6 Å². The maximum absolute atomic E-state index is 12.3. The molecule has 1 aliphatic heterocycles. The summed E-state index contributed by atoms with van der Waals surface area (Å²) in [6.45, 7) is 1.17. The molecule has 4 nitrogen and oxygen atoms in total. The van der Waals surface area contributed by atoms with Crippen molar-refractivity contribution in [3.05, 3.63) is 65.7 Å². The normalized spacial score (nSPS) is 16.7. The molecule has 108 valence electrons. The van der Waals surface area contributed by atoms with E-state index in [1.54, 1.807) is 0 Å². The number of anilines is 1. The van der Waals surface area contributed by atoms with Gasteiger partial charge in [-0.15, -0.1) is 0 Å².